The number of amides is 2. The number of thiazole rings is 1. The highest BCUT2D eigenvalue weighted by Gasteiger charge is 2.18. The molecule has 3 N–H and O–H groups in total. The number of anilines is 1. The van der Waals surface area contributed by atoms with Crippen molar-refractivity contribution in [1.29, 1.82) is 0 Å². The second-order valence-corrected chi connectivity index (χ2v) is 5.47. The van der Waals surface area contributed by atoms with Crippen molar-refractivity contribution in [1.82, 2.24) is 4.98 Å². The third kappa shape index (κ3) is 2.41. The summed E-state index contributed by atoms with van der Waals surface area (Å²) < 4.78 is 0. The van der Waals surface area contributed by atoms with Gasteiger partial charge in [-0.05, 0) is 24.8 Å². The predicted molar refractivity (Wildman–Crippen MR) is 72.4 cm³/mol. The average molecular weight is 281 g/mol. The van der Waals surface area contributed by atoms with Crippen LogP contribution in [0.3, 0.4) is 0 Å². The maximum Gasteiger partial charge on any atom is 0.285 e. The van der Waals surface area contributed by atoms with Crippen molar-refractivity contribution < 1.29 is 9.59 Å². The predicted octanol–water partition coefficient (Wildman–Crippen LogP) is 2.17. The fourth-order valence-corrected chi connectivity index (χ4v) is 3.09. The Morgan fingerprint density at radius 1 is 1.28 bits per heavy atom. The zero-order valence-corrected chi connectivity index (χ0v) is 11.4. The van der Waals surface area contributed by atoms with Gasteiger partial charge in [-0.15, -0.1) is 22.7 Å². The van der Waals surface area contributed by atoms with Crippen molar-refractivity contribution in [3.05, 3.63) is 32.6 Å². The smallest absolute Gasteiger partial charge is 0.285 e. The van der Waals surface area contributed by atoms with Crippen LogP contribution in [-0.2, 0) is 0 Å². The van der Waals surface area contributed by atoms with Crippen molar-refractivity contribution in [3.8, 4) is 0 Å². The van der Waals surface area contributed by atoms with Crippen LogP contribution >= 0.6 is 22.7 Å². The Morgan fingerprint density at radius 2 is 2.00 bits per heavy atom. The van der Waals surface area contributed by atoms with E-state index in [-0.39, 0.29) is 5.91 Å². The second kappa shape index (κ2) is 4.87. The quantitative estimate of drug-likeness (QED) is 0.904. The minimum atomic E-state index is -0.542. The first kappa shape index (κ1) is 12.7. The number of aromatic nitrogens is 1. The summed E-state index contributed by atoms with van der Waals surface area (Å²) in [7, 11) is 0. The van der Waals surface area contributed by atoms with Gasteiger partial charge in [-0.3, -0.25) is 9.59 Å². The summed E-state index contributed by atoms with van der Waals surface area (Å²) in [6, 6.07) is 0. The molecule has 0 aromatic carbocycles. The fourth-order valence-electron chi connectivity index (χ4n) is 1.46. The Morgan fingerprint density at radius 3 is 2.56 bits per heavy atom. The number of thiophene rings is 1. The van der Waals surface area contributed by atoms with E-state index in [0.717, 1.165) is 11.3 Å². The molecule has 0 aliphatic rings. The third-order valence-electron chi connectivity index (χ3n) is 2.26. The Hall–Kier alpha value is -1.73. The number of rotatable bonds is 3. The molecule has 0 unspecified atom stereocenters. The van der Waals surface area contributed by atoms with Gasteiger partial charge in [-0.25, -0.2) is 4.98 Å². The number of aryl methyl sites for hydroxylation is 2. The van der Waals surface area contributed by atoms with Crippen LogP contribution in [0.2, 0.25) is 0 Å². The number of carbonyl (C=O) groups is 2. The van der Waals surface area contributed by atoms with Gasteiger partial charge in [0.2, 0.25) is 0 Å². The number of nitrogens with zero attached hydrogens (tertiary/aromatic N) is 1. The number of nitrogens with one attached hydrogen (secondary N) is 1. The lowest BCUT2D eigenvalue weighted by atomic mass is 10.2. The molecule has 94 valence electrons. The fraction of sp³-hybridized carbons (Fsp3) is 0.182. The van der Waals surface area contributed by atoms with Crippen LogP contribution in [0.5, 0.6) is 0 Å². The SMILES string of the molecule is Cc1csc(C(=O)Nc2scc(C)c2C(N)=O)n1. The van der Waals surface area contributed by atoms with Crippen molar-refractivity contribution in [2.24, 2.45) is 5.73 Å². The Kier molecular flexibility index (Phi) is 3.44. The van der Waals surface area contributed by atoms with Gasteiger partial charge in [0.15, 0.2) is 5.01 Å². The Balaban J connectivity index is 2.25. The summed E-state index contributed by atoms with van der Waals surface area (Å²) in [5.74, 6) is -0.864. The van der Waals surface area contributed by atoms with Gasteiger partial charge in [0.1, 0.15) is 5.00 Å². The Labute approximate surface area is 112 Å². The van der Waals surface area contributed by atoms with Crippen LogP contribution in [0.15, 0.2) is 10.8 Å². The van der Waals surface area contributed by atoms with Gasteiger partial charge in [0.25, 0.3) is 11.8 Å². The molecule has 0 spiro atoms. The molecule has 2 aromatic rings. The largest absolute Gasteiger partial charge is 0.365 e. The monoisotopic (exact) mass is 281 g/mol. The van der Waals surface area contributed by atoms with E-state index in [9.17, 15) is 9.59 Å². The maximum absolute atomic E-state index is 11.9. The first-order chi connectivity index (χ1) is 8.49. The lowest BCUT2D eigenvalue weighted by molar-refractivity contribution is 0.100. The van der Waals surface area contributed by atoms with Crippen molar-refractivity contribution >= 4 is 39.5 Å². The maximum atomic E-state index is 11.9. The molecular weight excluding hydrogens is 270 g/mol. The van der Waals surface area contributed by atoms with Crippen LogP contribution in [0.4, 0.5) is 5.00 Å². The Bertz CT molecular complexity index is 616. The van der Waals surface area contributed by atoms with Gasteiger partial charge in [0.05, 0.1) is 5.56 Å². The molecule has 2 rings (SSSR count). The van der Waals surface area contributed by atoms with Crippen LogP contribution < -0.4 is 11.1 Å². The molecule has 7 heteroatoms. The zero-order chi connectivity index (χ0) is 13.3. The number of nitrogens with two attached hydrogens (primary N) is 1. The van der Waals surface area contributed by atoms with E-state index < -0.39 is 5.91 Å². The van der Waals surface area contributed by atoms with Crippen LogP contribution in [0.1, 0.15) is 31.4 Å². The number of primary amides is 1. The van der Waals surface area contributed by atoms with Crippen LogP contribution in [0.25, 0.3) is 0 Å². The molecule has 0 aliphatic carbocycles. The van der Waals surface area contributed by atoms with E-state index in [2.05, 4.69) is 10.3 Å². The molecule has 0 saturated heterocycles. The van der Waals surface area contributed by atoms with E-state index in [1.165, 1.54) is 22.7 Å². The number of hydrogen-bond acceptors (Lipinski definition) is 5. The van der Waals surface area contributed by atoms with Crippen LogP contribution in [-0.4, -0.2) is 16.8 Å². The lowest BCUT2D eigenvalue weighted by Crippen LogP contribution is -2.17. The summed E-state index contributed by atoms with van der Waals surface area (Å²) in [6.07, 6.45) is 0. The van der Waals surface area contributed by atoms with E-state index in [0.29, 0.717) is 15.6 Å². The molecule has 5 nitrogen and oxygen atoms in total. The minimum absolute atomic E-state index is 0.322. The summed E-state index contributed by atoms with van der Waals surface area (Å²) >= 11 is 2.54. The molecular formula is C11H11N3O2S2. The standard InChI is InChI=1S/C11H11N3O2S2/c1-5-3-17-10(7(5)8(12)15)14-9(16)11-13-6(2)4-18-11/h3-4H,1-2H3,(H2,12,15)(H,14,16). The molecule has 0 saturated carbocycles. The second-order valence-electron chi connectivity index (χ2n) is 3.74. The first-order valence-electron chi connectivity index (χ1n) is 5.10. The molecule has 0 aliphatic heterocycles. The average Bonchev–Trinajstić information content (AvgIpc) is 2.85. The summed E-state index contributed by atoms with van der Waals surface area (Å²) in [5, 5.41) is 7.08. The van der Waals surface area contributed by atoms with Gasteiger partial charge >= 0.3 is 0 Å². The third-order valence-corrected chi connectivity index (χ3v) is 4.23. The number of hydrogen-bond donors (Lipinski definition) is 2. The topological polar surface area (TPSA) is 85.1 Å². The lowest BCUT2D eigenvalue weighted by Gasteiger charge is -2.02. The molecule has 2 amide bonds. The highest BCUT2D eigenvalue weighted by molar-refractivity contribution is 7.15. The van der Waals surface area contributed by atoms with Gasteiger partial charge < -0.3 is 11.1 Å². The van der Waals surface area contributed by atoms with Gasteiger partial charge in [0, 0.05) is 11.1 Å². The molecule has 18 heavy (non-hydrogen) atoms. The molecule has 0 fully saturated rings. The molecule has 0 bridgehead atoms. The van der Waals surface area contributed by atoms with E-state index in [4.69, 9.17) is 5.73 Å². The van der Waals surface area contributed by atoms with Gasteiger partial charge in [-0.2, -0.15) is 0 Å². The van der Waals surface area contributed by atoms with Crippen LogP contribution in [0, 0.1) is 13.8 Å². The molecule has 0 atom stereocenters. The summed E-state index contributed by atoms with van der Waals surface area (Å²) in [5.41, 5.74) is 7.20. The van der Waals surface area contributed by atoms with Crippen molar-refractivity contribution in [3.63, 3.8) is 0 Å². The number of carbonyl (C=O) groups excluding carboxylic acids is 2. The van der Waals surface area contributed by atoms with E-state index in [1.54, 1.807) is 17.7 Å². The normalized spacial score (nSPS) is 10.3. The van der Waals surface area contributed by atoms with E-state index in [1.807, 2.05) is 6.92 Å². The van der Waals surface area contributed by atoms with E-state index >= 15 is 0 Å². The minimum Gasteiger partial charge on any atom is -0.365 e. The highest BCUT2D eigenvalue weighted by atomic mass is 32.1. The zero-order valence-electron chi connectivity index (χ0n) is 9.81. The van der Waals surface area contributed by atoms with Crippen molar-refractivity contribution in [2.45, 2.75) is 13.8 Å². The van der Waals surface area contributed by atoms with Gasteiger partial charge in [-0.1, -0.05) is 0 Å². The molecule has 0 radical (unpaired) electrons. The summed E-state index contributed by atoms with van der Waals surface area (Å²) in [4.78, 5) is 27.3. The summed E-state index contributed by atoms with van der Waals surface area (Å²) in [6.45, 7) is 3.59. The highest BCUT2D eigenvalue weighted by Crippen LogP contribution is 2.27. The molecule has 2 aromatic heterocycles. The molecule has 2 heterocycles. The van der Waals surface area contributed by atoms with Crippen molar-refractivity contribution in [2.75, 3.05) is 5.32 Å². The first-order valence-corrected chi connectivity index (χ1v) is 6.86.